The third-order valence-electron chi connectivity index (χ3n) is 4.93. The van der Waals surface area contributed by atoms with E-state index in [-0.39, 0.29) is 6.03 Å². The molecule has 2 amide bonds. The predicted octanol–water partition coefficient (Wildman–Crippen LogP) is 4.16. The topological polar surface area (TPSA) is 76.7 Å². The molecule has 0 aliphatic carbocycles. The largest absolute Gasteiger partial charge is 0.489 e. The second-order valence-electron chi connectivity index (χ2n) is 6.95. The Bertz CT molecular complexity index is 919. The number of allylic oxidation sites excluding steroid dienone is 1. The third-order valence-corrected chi connectivity index (χ3v) is 4.93. The fourth-order valence-corrected chi connectivity index (χ4v) is 3.36. The lowest BCUT2D eigenvalue weighted by atomic mass is 9.94. The van der Waals surface area contributed by atoms with Crippen LogP contribution in [0, 0.1) is 6.92 Å². The normalized spacial score (nSPS) is 16.1. The highest BCUT2D eigenvalue weighted by Gasteiger charge is 2.32. The minimum Gasteiger partial charge on any atom is -0.489 e. The molecule has 1 heterocycles. The van der Waals surface area contributed by atoms with Gasteiger partial charge in [0.15, 0.2) is 0 Å². The quantitative estimate of drug-likeness (QED) is 0.692. The van der Waals surface area contributed by atoms with Gasteiger partial charge in [0.05, 0.1) is 18.7 Å². The molecule has 1 atom stereocenters. The lowest BCUT2D eigenvalue weighted by molar-refractivity contribution is -0.136. The Hall–Kier alpha value is -3.28. The van der Waals surface area contributed by atoms with E-state index in [1.165, 1.54) is 12.7 Å². The van der Waals surface area contributed by atoms with Crippen molar-refractivity contribution in [2.45, 2.75) is 39.3 Å². The summed E-state index contributed by atoms with van der Waals surface area (Å²) in [6.45, 7) is 4.52. The van der Waals surface area contributed by atoms with Crippen molar-refractivity contribution in [1.82, 2.24) is 10.6 Å². The number of urea groups is 1. The molecule has 0 radical (unpaired) electrons. The third kappa shape index (κ3) is 4.77. The molecule has 0 saturated carbocycles. The molecule has 1 unspecified atom stereocenters. The molecular formula is C23H26N2O4. The first-order chi connectivity index (χ1) is 14.0. The van der Waals surface area contributed by atoms with Crippen LogP contribution in [-0.4, -0.2) is 19.1 Å². The summed E-state index contributed by atoms with van der Waals surface area (Å²) in [5.41, 5.74) is 4.13. The highest BCUT2D eigenvalue weighted by molar-refractivity contribution is 5.95. The van der Waals surface area contributed by atoms with Crippen LogP contribution in [0.15, 0.2) is 59.8 Å². The van der Waals surface area contributed by atoms with Crippen LogP contribution in [0.4, 0.5) is 4.79 Å². The first-order valence-corrected chi connectivity index (χ1v) is 9.69. The van der Waals surface area contributed by atoms with Crippen LogP contribution in [0.25, 0.3) is 0 Å². The lowest BCUT2D eigenvalue weighted by Crippen LogP contribution is -2.45. The van der Waals surface area contributed by atoms with Gasteiger partial charge in [-0.15, -0.1) is 0 Å². The molecule has 152 valence electrons. The number of esters is 1. The highest BCUT2D eigenvalue weighted by Crippen LogP contribution is 2.30. The molecule has 1 aliphatic rings. The van der Waals surface area contributed by atoms with Crippen molar-refractivity contribution in [1.29, 1.82) is 0 Å². The van der Waals surface area contributed by atoms with Gasteiger partial charge in [0, 0.05) is 5.70 Å². The zero-order valence-corrected chi connectivity index (χ0v) is 17.0. The van der Waals surface area contributed by atoms with Crippen molar-refractivity contribution in [3.8, 4) is 5.75 Å². The smallest absolute Gasteiger partial charge is 0.337 e. The molecule has 2 N–H and O–H groups in total. The number of benzene rings is 2. The number of rotatable bonds is 7. The number of hydrogen-bond acceptors (Lipinski definition) is 4. The van der Waals surface area contributed by atoms with E-state index >= 15 is 0 Å². The number of nitrogens with one attached hydrogen (secondary N) is 2. The number of hydrogen-bond donors (Lipinski definition) is 2. The molecule has 0 spiro atoms. The van der Waals surface area contributed by atoms with Crippen molar-refractivity contribution >= 4 is 12.0 Å². The second-order valence-corrected chi connectivity index (χ2v) is 6.95. The number of carbonyl (C=O) groups excluding carboxylic acids is 2. The minimum atomic E-state index is -0.567. The molecule has 6 heteroatoms. The average molecular weight is 394 g/mol. The zero-order valence-electron chi connectivity index (χ0n) is 17.0. The molecule has 0 saturated heterocycles. The Morgan fingerprint density at radius 3 is 2.48 bits per heavy atom. The van der Waals surface area contributed by atoms with E-state index < -0.39 is 12.0 Å². The predicted molar refractivity (Wildman–Crippen MR) is 110 cm³/mol. The van der Waals surface area contributed by atoms with Gasteiger partial charge in [0.1, 0.15) is 12.4 Å². The van der Waals surface area contributed by atoms with E-state index in [2.05, 4.69) is 23.6 Å². The van der Waals surface area contributed by atoms with Crippen LogP contribution in [0.1, 0.15) is 42.5 Å². The Morgan fingerprint density at radius 2 is 1.83 bits per heavy atom. The Morgan fingerprint density at radius 1 is 1.10 bits per heavy atom. The van der Waals surface area contributed by atoms with Gasteiger partial charge in [-0.3, -0.25) is 0 Å². The monoisotopic (exact) mass is 394 g/mol. The zero-order chi connectivity index (χ0) is 20.8. The molecule has 0 fully saturated rings. The Kier molecular flexibility index (Phi) is 6.54. The van der Waals surface area contributed by atoms with Crippen LogP contribution in [-0.2, 0) is 16.1 Å². The van der Waals surface area contributed by atoms with E-state index in [1.54, 1.807) is 0 Å². The first-order valence-electron chi connectivity index (χ1n) is 9.69. The van der Waals surface area contributed by atoms with Gasteiger partial charge in [-0.2, -0.15) is 0 Å². The van der Waals surface area contributed by atoms with Crippen LogP contribution in [0.2, 0.25) is 0 Å². The molecular weight excluding hydrogens is 368 g/mol. The average Bonchev–Trinajstić information content (AvgIpc) is 2.73. The van der Waals surface area contributed by atoms with E-state index in [9.17, 15) is 9.59 Å². The number of carbonyl (C=O) groups is 2. The van der Waals surface area contributed by atoms with Gasteiger partial charge in [-0.25, -0.2) is 9.59 Å². The van der Waals surface area contributed by atoms with E-state index in [0.717, 1.165) is 23.3 Å². The van der Waals surface area contributed by atoms with E-state index in [4.69, 9.17) is 9.47 Å². The van der Waals surface area contributed by atoms with E-state index in [0.29, 0.717) is 24.3 Å². The maximum absolute atomic E-state index is 12.4. The van der Waals surface area contributed by atoms with E-state index in [1.807, 2.05) is 49.4 Å². The maximum atomic E-state index is 12.4. The van der Waals surface area contributed by atoms with Crippen molar-refractivity contribution in [2.24, 2.45) is 0 Å². The fraction of sp³-hybridized carbons (Fsp3) is 0.304. The van der Waals surface area contributed by atoms with Gasteiger partial charge < -0.3 is 20.1 Å². The van der Waals surface area contributed by atoms with Crippen molar-refractivity contribution in [3.05, 3.63) is 76.5 Å². The van der Waals surface area contributed by atoms with Gasteiger partial charge in [0.25, 0.3) is 0 Å². The molecule has 3 rings (SSSR count). The standard InChI is InChI=1S/C23H26N2O4/c1-4-7-19-20(22(26)28-3)21(25-23(27)24-19)16-10-12-18(13-11-16)29-14-17-9-6-5-8-15(17)2/h5-6,8-13,21H,4,7,14H2,1-3H3,(H2,24,25,27). The summed E-state index contributed by atoms with van der Waals surface area (Å²) in [4.78, 5) is 24.5. The lowest BCUT2D eigenvalue weighted by Gasteiger charge is -2.29. The number of methoxy groups -OCH3 is 1. The minimum absolute atomic E-state index is 0.328. The summed E-state index contributed by atoms with van der Waals surface area (Å²) in [7, 11) is 1.34. The summed E-state index contributed by atoms with van der Waals surface area (Å²) >= 11 is 0. The summed E-state index contributed by atoms with van der Waals surface area (Å²) in [6.07, 6.45) is 1.39. The summed E-state index contributed by atoms with van der Waals surface area (Å²) in [5.74, 6) is 0.264. The Balaban J connectivity index is 1.81. The summed E-state index contributed by atoms with van der Waals surface area (Å²) in [6, 6.07) is 14.6. The van der Waals surface area contributed by atoms with Gasteiger partial charge >= 0.3 is 12.0 Å². The van der Waals surface area contributed by atoms with Gasteiger partial charge in [-0.1, -0.05) is 49.7 Å². The van der Waals surface area contributed by atoms with Crippen molar-refractivity contribution < 1.29 is 19.1 Å². The summed E-state index contributed by atoms with van der Waals surface area (Å²) < 4.78 is 10.9. The maximum Gasteiger partial charge on any atom is 0.337 e. The van der Waals surface area contributed by atoms with Crippen molar-refractivity contribution in [2.75, 3.05) is 7.11 Å². The van der Waals surface area contributed by atoms with Gasteiger partial charge in [0.2, 0.25) is 0 Å². The SMILES string of the molecule is CCCC1=C(C(=O)OC)C(c2ccc(OCc3ccccc3C)cc2)NC(=O)N1. The van der Waals surface area contributed by atoms with Crippen molar-refractivity contribution in [3.63, 3.8) is 0 Å². The number of aryl methyl sites for hydroxylation is 1. The first kappa shape index (κ1) is 20.5. The van der Waals surface area contributed by atoms with Crippen LogP contribution in [0.5, 0.6) is 5.75 Å². The molecule has 2 aromatic rings. The van der Waals surface area contributed by atoms with Crippen LogP contribution in [0.3, 0.4) is 0 Å². The molecule has 6 nitrogen and oxygen atoms in total. The van der Waals surface area contributed by atoms with Crippen LogP contribution >= 0.6 is 0 Å². The molecule has 29 heavy (non-hydrogen) atoms. The number of ether oxygens (including phenoxy) is 2. The Labute approximate surface area is 170 Å². The summed E-state index contributed by atoms with van der Waals surface area (Å²) in [5, 5.41) is 5.56. The fourth-order valence-electron chi connectivity index (χ4n) is 3.36. The highest BCUT2D eigenvalue weighted by atomic mass is 16.5. The number of amides is 2. The molecule has 0 aromatic heterocycles. The molecule has 1 aliphatic heterocycles. The molecule has 2 aromatic carbocycles. The second kappa shape index (κ2) is 9.28. The van der Waals surface area contributed by atoms with Crippen LogP contribution < -0.4 is 15.4 Å². The van der Waals surface area contributed by atoms with Gasteiger partial charge in [-0.05, 0) is 42.2 Å². The molecule has 0 bridgehead atoms.